The Bertz CT molecular complexity index is 977. The number of fused-ring (bicyclic) bond motifs is 2. The van der Waals surface area contributed by atoms with E-state index in [-0.39, 0.29) is 11.9 Å². The number of ether oxygens (including phenoxy) is 2. The van der Waals surface area contributed by atoms with Gasteiger partial charge in [-0.25, -0.2) is 9.79 Å². The van der Waals surface area contributed by atoms with E-state index >= 15 is 0 Å². The Morgan fingerprint density at radius 1 is 1.19 bits per heavy atom. The first-order valence-electron chi connectivity index (χ1n) is 8.22. The Morgan fingerprint density at radius 2 is 1.96 bits per heavy atom. The third kappa shape index (κ3) is 2.93. The van der Waals surface area contributed by atoms with Crippen molar-refractivity contribution in [1.82, 2.24) is 0 Å². The lowest BCUT2D eigenvalue weighted by Crippen LogP contribution is -2.36. The molecule has 0 saturated carbocycles. The Labute approximate surface area is 156 Å². The third-order valence-corrected chi connectivity index (χ3v) is 4.82. The van der Waals surface area contributed by atoms with Crippen LogP contribution in [0.4, 0.5) is 0 Å². The van der Waals surface area contributed by atoms with Crippen LogP contribution in [0.15, 0.2) is 52.4 Å². The van der Waals surface area contributed by atoms with Crippen LogP contribution in [0.1, 0.15) is 27.0 Å². The fourth-order valence-corrected chi connectivity index (χ4v) is 3.34. The van der Waals surface area contributed by atoms with Crippen molar-refractivity contribution in [1.29, 1.82) is 0 Å². The van der Waals surface area contributed by atoms with Crippen molar-refractivity contribution in [3.63, 3.8) is 0 Å². The van der Waals surface area contributed by atoms with E-state index in [1.54, 1.807) is 24.3 Å². The summed E-state index contributed by atoms with van der Waals surface area (Å²) in [6.45, 7) is 2.05. The Balaban J connectivity index is 1.66. The molecule has 26 heavy (non-hydrogen) atoms. The number of amidine groups is 1. The minimum atomic E-state index is -0.383. The minimum Gasteiger partial charge on any atom is -0.465 e. The van der Waals surface area contributed by atoms with Crippen LogP contribution in [0.3, 0.4) is 0 Å². The van der Waals surface area contributed by atoms with Gasteiger partial charge in [0.2, 0.25) is 5.90 Å². The van der Waals surface area contributed by atoms with Crippen molar-refractivity contribution in [2.75, 3.05) is 7.11 Å². The van der Waals surface area contributed by atoms with Gasteiger partial charge in [-0.2, -0.15) is 4.99 Å². The first-order valence-corrected chi connectivity index (χ1v) is 8.63. The molecular formula is C20H16N2O3S. The number of thiocarbonyl (C=S) groups is 1. The standard InChI is InChI=1S/C20H16N2O3S/c1-11-3-8-16-14(9-11)10-15-18(25-16)21-17(22-19(15)26)12-4-6-13(7-5-12)20(23)24-2/h3-9,15H,10H2,1-2H3. The van der Waals surface area contributed by atoms with E-state index in [1.165, 1.54) is 12.7 Å². The van der Waals surface area contributed by atoms with Crippen LogP contribution in [0.5, 0.6) is 5.75 Å². The summed E-state index contributed by atoms with van der Waals surface area (Å²) in [5.41, 5.74) is 3.55. The van der Waals surface area contributed by atoms with E-state index in [4.69, 9.17) is 21.7 Å². The molecule has 2 aliphatic rings. The van der Waals surface area contributed by atoms with Gasteiger partial charge < -0.3 is 9.47 Å². The average molecular weight is 364 g/mol. The lowest BCUT2D eigenvalue weighted by atomic mass is 9.93. The summed E-state index contributed by atoms with van der Waals surface area (Å²) in [4.78, 5) is 21.2. The van der Waals surface area contributed by atoms with Crippen LogP contribution in [0.25, 0.3) is 0 Å². The van der Waals surface area contributed by atoms with Crippen LogP contribution >= 0.6 is 12.2 Å². The number of hydrogen-bond acceptors (Lipinski definition) is 5. The van der Waals surface area contributed by atoms with Gasteiger partial charge in [-0.15, -0.1) is 0 Å². The number of nitrogens with zero attached hydrogens (tertiary/aromatic N) is 2. The molecule has 0 radical (unpaired) electrons. The first-order chi connectivity index (χ1) is 12.5. The van der Waals surface area contributed by atoms with Gasteiger partial charge >= 0.3 is 5.97 Å². The van der Waals surface area contributed by atoms with E-state index in [2.05, 4.69) is 23.0 Å². The maximum atomic E-state index is 11.6. The summed E-state index contributed by atoms with van der Waals surface area (Å²) >= 11 is 5.51. The number of methoxy groups -OCH3 is 1. The Morgan fingerprint density at radius 3 is 2.69 bits per heavy atom. The van der Waals surface area contributed by atoms with Crippen LogP contribution in [0, 0.1) is 12.8 Å². The van der Waals surface area contributed by atoms with E-state index in [0.29, 0.717) is 22.3 Å². The number of hydrogen-bond donors (Lipinski definition) is 0. The highest BCUT2D eigenvalue weighted by molar-refractivity contribution is 7.80. The Kier molecular flexibility index (Phi) is 4.12. The van der Waals surface area contributed by atoms with Gasteiger partial charge in [0.15, 0.2) is 5.84 Å². The Hall–Kier alpha value is -2.86. The number of carbonyl (C=O) groups is 1. The zero-order valence-electron chi connectivity index (χ0n) is 14.4. The summed E-state index contributed by atoms with van der Waals surface area (Å²) in [7, 11) is 1.35. The molecule has 0 aromatic heterocycles. The topological polar surface area (TPSA) is 60.2 Å². The monoisotopic (exact) mass is 364 g/mol. The van der Waals surface area contributed by atoms with Crippen LogP contribution in [-0.2, 0) is 11.2 Å². The third-order valence-electron chi connectivity index (χ3n) is 4.45. The second kappa shape index (κ2) is 6.46. The number of rotatable bonds is 2. The molecule has 0 spiro atoms. The van der Waals surface area contributed by atoms with E-state index < -0.39 is 0 Å². The van der Waals surface area contributed by atoms with Crippen molar-refractivity contribution < 1.29 is 14.3 Å². The molecule has 6 heteroatoms. The second-order valence-corrected chi connectivity index (χ2v) is 6.68. The highest BCUT2D eigenvalue weighted by Crippen LogP contribution is 2.32. The van der Waals surface area contributed by atoms with E-state index in [1.807, 2.05) is 12.1 Å². The van der Waals surface area contributed by atoms with Crippen molar-refractivity contribution >= 4 is 34.9 Å². The smallest absolute Gasteiger partial charge is 0.337 e. The SMILES string of the molecule is COC(=O)c1ccc(C2=NC(=S)C3Cc4cc(C)ccc4OC3=N2)cc1. The number of carbonyl (C=O) groups excluding carboxylic acids is 1. The normalized spacial score (nSPS) is 18.1. The van der Waals surface area contributed by atoms with Gasteiger partial charge in [0.05, 0.1) is 18.6 Å². The lowest BCUT2D eigenvalue weighted by Gasteiger charge is -2.28. The molecule has 0 saturated heterocycles. The lowest BCUT2D eigenvalue weighted by molar-refractivity contribution is 0.0600. The molecule has 1 atom stereocenters. The quantitative estimate of drug-likeness (QED) is 0.604. The molecular weight excluding hydrogens is 348 g/mol. The zero-order chi connectivity index (χ0) is 18.3. The van der Waals surface area contributed by atoms with Crippen molar-refractivity contribution in [2.45, 2.75) is 13.3 Å². The fraction of sp³-hybridized carbons (Fsp3) is 0.200. The zero-order valence-corrected chi connectivity index (χ0v) is 15.2. The summed E-state index contributed by atoms with van der Waals surface area (Å²) in [6, 6.07) is 13.0. The highest BCUT2D eigenvalue weighted by Gasteiger charge is 2.33. The minimum absolute atomic E-state index is 0.114. The van der Waals surface area contributed by atoms with Crippen molar-refractivity contribution in [3.8, 4) is 5.75 Å². The highest BCUT2D eigenvalue weighted by atomic mass is 32.1. The van der Waals surface area contributed by atoms with Gasteiger partial charge in [-0.1, -0.05) is 42.0 Å². The van der Waals surface area contributed by atoms with Gasteiger partial charge in [-0.3, -0.25) is 0 Å². The molecule has 0 amide bonds. The predicted molar refractivity (Wildman–Crippen MR) is 103 cm³/mol. The first kappa shape index (κ1) is 16.6. The summed E-state index contributed by atoms with van der Waals surface area (Å²) in [5.74, 6) is 1.39. The van der Waals surface area contributed by atoms with Gasteiger partial charge in [0, 0.05) is 5.56 Å². The summed E-state index contributed by atoms with van der Waals surface area (Å²) < 4.78 is 10.7. The van der Waals surface area contributed by atoms with Gasteiger partial charge in [0.1, 0.15) is 10.7 Å². The number of esters is 1. The molecule has 0 fully saturated rings. The van der Waals surface area contributed by atoms with Gasteiger partial charge in [0.25, 0.3) is 0 Å². The molecule has 2 aromatic carbocycles. The molecule has 2 heterocycles. The molecule has 4 rings (SSSR count). The van der Waals surface area contributed by atoms with Crippen LogP contribution in [0.2, 0.25) is 0 Å². The molecule has 2 aliphatic heterocycles. The number of aliphatic imine (C=N–C) groups is 2. The molecule has 5 nitrogen and oxygen atoms in total. The maximum absolute atomic E-state index is 11.6. The van der Waals surface area contributed by atoms with Crippen LogP contribution in [-0.4, -0.2) is 29.8 Å². The number of benzene rings is 2. The largest absolute Gasteiger partial charge is 0.465 e. The fourth-order valence-electron chi connectivity index (χ4n) is 3.07. The summed E-state index contributed by atoms with van der Waals surface area (Å²) in [5, 5.41) is 0. The van der Waals surface area contributed by atoms with E-state index in [9.17, 15) is 4.79 Å². The molecule has 130 valence electrons. The van der Waals surface area contributed by atoms with E-state index in [0.717, 1.165) is 23.3 Å². The van der Waals surface area contributed by atoms with Crippen LogP contribution < -0.4 is 4.74 Å². The molecule has 1 unspecified atom stereocenters. The molecule has 0 N–H and O–H groups in total. The summed E-state index contributed by atoms with van der Waals surface area (Å²) in [6.07, 6.45) is 0.743. The molecule has 2 aromatic rings. The van der Waals surface area contributed by atoms with Crippen molar-refractivity contribution in [3.05, 3.63) is 64.7 Å². The number of aryl methyl sites for hydroxylation is 1. The van der Waals surface area contributed by atoms with Crippen molar-refractivity contribution in [2.24, 2.45) is 15.9 Å². The second-order valence-electron chi connectivity index (χ2n) is 6.26. The molecule has 0 bridgehead atoms. The maximum Gasteiger partial charge on any atom is 0.337 e. The predicted octanol–water partition coefficient (Wildman–Crippen LogP) is 3.52. The average Bonchev–Trinajstić information content (AvgIpc) is 2.66. The van der Waals surface area contributed by atoms with Gasteiger partial charge in [-0.05, 0) is 37.1 Å². The molecule has 0 aliphatic carbocycles.